The van der Waals surface area contributed by atoms with Gasteiger partial charge in [-0.1, -0.05) is 18.2 Å². The van der Waals surface area contributed by atoms with Crippen molar-refractivity contribution in [2.75, 3.05) is 5.32 Å². The van der Waals surface area contributed by atoms with E-state index in [-0.39, 0.29) is 24.4 Å². The Balaban J connectivity index is 1.62. The third-order valence-corrected chi connectivity index (χ3v) is 3.55. The molecule has 0 fully saturated rings. The van der Waals surface area contributed by atoms with Crippen LogP contribution in [-0.2, 0) is 17.5 Å². The fourth-order valence-corrected chi connectivity index (χ4v) is 2.28. The predicted octanol–water partition coefficient (Wildman–Crippen LogP) is 3.53. The minimum atomic E-state index is -4.47. The number of benzene rings is 2. The normalized spacial score (nSPS) is 11.4. The third kappa shape index (κ3) is 4.87. The quantitative estimate of drug-likeness (QED) is 0.689. The van der Waals surface area contributed by atoms with Crippen LogP contribution in [0.15, 0.2) is 48.5 Å². The first-order chi connectivity index (χ1) is 12.8. The van der Waals surface area contributed by atoms with E-state index in [0.29, 0.717) is 5.69 Å². The molecule has 27 heavy (non-hydrogen) atoms. The summed E-state index contributed by atoms with van der Waals surface area (Å²) in [7, 11) is 0. The van der Waals surface area contributed by atoms with Gasteiger partial charge in [-0.25, -0.2) is 4.39 Å². The summed E-state index contributed by atoms with van der Waals surface area (Å²) in [6.07, 6.45) is -4.49. The lowest BCUT2D eigenvalue weighted by atomic mass is 10.1. The first-order valence-corrected chi connectivity index (χ1v) is 7.82. The van der Waals surface area contributed by atoms with Crippen molar-refractivity contribution in [2.24, 2.45) is 0 Å². The number of alkyl halides is 3. The van der Waals surface area contributed by atoms with Gasteiger partial charge in [0.25, 0.3) is 0 Å². The van der Waals surface area contributed by atoms with Crippen molar-refractivity contribution in [1.82, 2.24) is 20.2 Å². The van der Waals surface area contributed by atoms with E-state index >= 15 is 0 Å². The highest BCUT2D eigenvalue weighted by molar-refractivity contribution is 5.90. The molecule has 0 saturated carbocycles. The Hall–Kier alpha value is -3.30. The van der Waals surface area contributed by atoms with Crippen LogP contribution < -0.4 is 5.32 Å². The Labute approximate surface area is 150 Å². The summed E-state index contributed by atoms with van der Waals surface area (Å²) >= 11 is 0. The Kier molecular flexibility index (Phi) is 5.15. The zero-order chi connectivity index (χ0) is 19.4. The molecule has 1 amide bonds. The van der Waals surface area contributed by atoms with E-state index < -0.39 is 23.5 Å². The molecule has 6 nitrogen and oxygen atoms in total. The van der Waals surface area contributed by atoms with E-state index in [9.17, 15) is 22.4 Å². The number of halogens is 4. The van der Waals surface area contributed by atoms with Crippen LogP contribution >= 0.6 is 0 Å². The van der Waals surface area contributed by atoms with Crippen LogP contribution in [0.2, 0.25) is 0 Å². The van der Waals surface area contributed by atoms with Crippen LogP contribution in [0.1, 0.15) is 12.0 Å². The van der Waals surface area contributed by atoms with E-state index in [4.69, 9.17) is 0 Å². The Morgan fingerprint density at radius 3 is 2.63 bits per heavy atom. The maximum absolute atomic E-state index is 13.1. The molecule has 1 N–H and O–H groups in total. The average molecular weight is 379 g/mol. The summed E-state index contributed by atoms with van der Waals surface area (Å²) in [6, 6.07) is 10.0. The van der Waals surface area contributed by atoms with Gasteiger partial charge in [0.05, 0.1) is 12.1 Å². The molecule has 0 bridgehead atoms. The first-order valence-electron chi connectivity index (χ1n) is 7.82. The number of nitrogens with zero attached hydrogens (tertiary/aromatic N) is 4. The first kappa shape index (κ1) is 18.5. The number of aromatic nitrogens is 4. The number of nitrogens with one attached hydrogen (secondary N) is 1. The molecule has 0 saturated heterocycles. The van der Waals surface area contributed by atoms with Crippen molar-refractivity contribution in [3.05, 3.63) is 59.9 Å². The van der Waals surface area contributed by atoms with Crippen LogP contribution in [0.25, 0.3) is 11.4 Å². The zero-order valence-corrected chi connectivity index (χ0v) is 13.7. The number of rotatable bonds is 5. The second-order valence-corrected chi connectivity index (χ2v) is 5.60. The number of tetrazole rings is 1. The lowest BCUT2D eigenvalue weighted by Gasteiger charge is -2.06. The van der Waals surface area contributed by atoms with Crippen LogP contribution in [0, 0.1) is 5.82 Å². The molecule has 1 aromatic heterocycles. The van der Waals surface area contributed by atoms with E-state index in [1.54, 1.807) is 6.07 Å². The Bertz CT molecular complexity index is 954. The predicted molar refractivity (Wildman–Crippen MR) is 87.9 cm³/mol. The molecule has 3 rings (SSSR count). The smallest absolute Gasteiger partial charge is 0.326 e. The molecule has 3 aromatic rings. The molecular weight excluding hydrogens is 366 g/mol. The molecular formula is C17H13F4N5O. The van der Waals surface area contributed by atoms with Crippen molar-refractivity contribution in [2.45, 2.75) is 19.1 Å². The average Bonchev–Trinajstić information content (AvgIpc) is 3.08. The van der Waals surface area contributed by atoms with Crippen LogP contribution in [0.4, 0.5) is 23.2 Å². The molecule has 0 radical (unpaired) electrons. The van der Waals surface area contributed by atoms with Gasteiger partial charge in [0.1, 0.15) is 5.82 Å². The second kappa shape index (κ2) is 7.52. The summed E-state index contributed by atoms with van der Waals surface area (Å²) in [5, 5.41) is 14.0. The van der Waals surface area contributed by atoms with Gasteiger partial charge < -0.3 is 5.32 Å². The maximum atomic E-state index is 13.1. The number of hydrogen-bond acceptors (Lipinski definition) is 4. The monoisotopic (exact) mass is 379 g/mol. The molecule has 0 atom stereocenters. The summed E-state index contributed by atoms with van der Waals surface area (Å²) in [6.45, 7) is 0.0626. The lowest BCUT2D eigenvalue weighted by Crippen LogP contribution is -2.15. The number of hydrogen-bond donors (Lipinski definition) is 1. The fourth-order valence-electron chi connectivity index (χ4n) is 2.28. The van der Waals surface area contributed by atoms with Gasteiger partial charge in [-0.15, -0.1) is 10.2 Å². The zero-order valence-electron chi connectivity index (χ0n) is 13.7. The van der Waals surface area contributed by atoms with E-state index in [1.165, 1.54) is 30.3 Å². The number of anilines is 1. The second-order valence-electron chi connectivity index (χ2n) is 5.60. The molecule has 0 aliphatic rings. The molecule has 1 heterocycles. The number of carbonyl (C=O) groups excluding carboxylic acids is 1. The molecule has 2 aromatic carbocycles. The van der Waals surface area contributed by atoms with E-state index in [0.717, 1.165) is 16.9 Å². The molecule has 0 unspecified atom stereocenters. The minimum Gasteiger partial charge on any atom is -0.326 e. The largest absolute Gasteiger partial charge is 0.416 e. The molecule has 0 spiro atoms. The summed E-state index contributed by atoms with van der Waals surface area (Å²) < 4.78 is 51.4. The van der Waals surface area contributed by atoms with Gasteiger partial charge in [0.2, 0.25) is 11.7 Å². The Morgan fingerprint density at radius 2 is 1.89 bits per heavy atom. The van der Waals surface area contributed by atoms with Crippen LogP contribution in [0.5, 0.6) is 0 Å². The van der Waals surface area contributed by atoms with Gasteiger partial charge in [-0.2, -0.15) is 18.0 Å². The van der Waals surface area contributed by atoms with Crippen LogP contribution in [0.3, 0.4) is 0 Å². The van der Waals surface area contributed by atoms with Crippen molar-refractivity contribution in [3.63, 3.8) is 0 Å². The number of carbonyl (C=O) groups is 1. The molecule has 0 aliphatic heterocycles. The Morgan fingerprint density at radius 1 is 1.11 bits per heavy atom. The minimum absolute atomic E-state index is 0.0189. The van der Waals surface area contributed by atoms with Gasteiger partial charge in [-0.3, -0.25) is 4.79 Å². The lowest BCUT2D eigenvalue weighted by molar-refractivity contribution is -0.137. The summed E-state index contributed by atoms with van der Waals surface area (Å²) in [5.74, 6) is -0.846. The van der Waals surface area contributed by atoms with Crippen molar-refractivity contribution < 1.29 is 22.4 Å². The SMILES string of the molecule is O=C(CCn1nnc(-c2cccc(C(F)(F)F)c2)n1)Nc1cccc(F)c1. The highest BCUT2D eigenvalue weighted by Gasteiger charge is 2.30. The summed E-state index contributed by atoms with van der Waals surface area (Å²) in [4.78, 5) is 13.0. The topological polar surface area (TPSA) is 72.7 Å². The fraction of sp³-hybridized carbons (Fsp3) is 0.176. The van der Waals surface area contributed by atoms with Crippen molar-refractivity contribution >= 4 is 11.6 Å². The summed E-state index contributed by atoms with van der Waals surface area (Å²) in [5.41, 5.74) is -0.331. The highest BCUT2D eigenvalue weighted by atomic mass is 19.4. The number of aryl methyl sites for hydroxylation is 1. The van der Waals surface area contributed by atoms with Gasteiger partial charge in [0, 0.05) is 17.7 Å². The maximum Gasteiger partial charge on any atom is 0.416 e. The molecule has 0 aliphatic carbocycles. The molecule has 140 valence electrons. The van der Waals surface area contributed by atoms with Crippen molar-refractivity contribution in [1.29, 1.82) is 0 Å². The van der Waals surface area contributed by atoms with E-state index in [2.05, 4.69) is 20.7 Å². The van der Waals surface area contributed by atoms with Gasteiger partial charge in [-0.05, 0) is 35.5 Å². The van der Waals surface area contributed by atoms with Crippen LogP contribution in [-0.4, -0.2) is 26.1 Å². The van der Waals surface area contributed by atoms with E-state index in [1.807, 2.05) is 0 Å². The highest BCUT2D eigenvalue weighted by Crippen LogP contribution is 2.31. The third-order valence-electron chi connectivity index (χ3n) is 3.55. The van der Waals surface area contributed by atoms with Gasteiger partial charge in [0.15, 0.2) is 0 Å². The molecule has 10 heteroatoms. The standard InChI is InChI=1S/C17H13F4N5O/c18-13-5-2-6-14(10-13)22-15(27)7-8-26-24-16(23-25-26)11-3-1-4-12(9-11)17(19,20)21/h1-6,9-10H,7-8H2,(H,22,27). The van der Waals surface area contributed by atoms with Crippen molar-refractivity contribution in [3.8, 4) is 11.4 Å². The van der Waals surface area contributed by atoms with Gasteiger partial charge >= 0.3 is 6.18 Å². The number of amides is 1.